The molecule has 8 nitrogen and oxygen atoms in total. The number of aromatic nitrogens is 2. The first-order chi connectivity index (χ1) is 19.3. The molecule has 210 valence electrons. The largest absolute Gasteiger partial charge is 0.496 e. The Hall–Kier alpha value is -3.36. The average molecular weight is 584 g/mol. The number of benzene rings is 2. The number of aryl methyl sites for hydroxylation is 2. The number of hydrogen-bond donors (Lipinski definition) is 1. The summed E-state index contributed by atoms with van der Waals surface area (Å²) in [5, 5.41) is 10.8. The molecular formula is C30H32Cl2N4O4. The van der Waals surface area contributed by atoms with E-state index in [2.05, 4.69) is 9.88 Å². The molecule has 0 bridgehead atoms. The summed E-state index contributed by atoms with van der Waals surface area (Å²) in [5.41, 5.74) is 2.33. The second-order valence-corrected chi connectivity index (χ2v) is 11.3. The molecule has 0 aliphatic carbocycles. The molecule has 2 fully saturated rings. The number of amides is 1. The van der Waals surface area contributed by atoms with Crippen LogP contribution in [0.2, 0.25) is 10.0 Å². The highest BCUT2D eigenvalue weighted by molar-refractivity contribution is 6.34. The Bertz CT molecular complexity index is 1380. The monoisotopic (exact) mass is 582 g/mol. The summed E-state index contributed by atoms with van der Waals surface area (Å²) in [6, 6.07) is 13.0. The van der Waals surface area contributed by atoms with Crippen LogP contribution in [0.25, 0.3) is 0 Å². The Labute approximate surface area is 243 Å². The molecule has 1 N–H and O–H groups in total. The van der Waals surface area contributed by atoms with Gasteiger partial charge in [0, 0.05) is 41.4 Å². The minimum absolute atomic E-state index is 0.0458. The number of para-hydroxylation sites is 1. The fourth-order valence-corrected chi connectivity index (χ4v) is 6.45. The number of rotatable bonds is 8. The lowest BCUT2D eigenvalue weighted by Gasteiger charge is -2.30. The maximum absolute atomic E-state index is 13.6. The third kappa shape index (κ3) is 6.34. The predicted molar refractivity (Wildman–Crippen MR) is 155 cm³/mol. The number of methoxy groups -OCH3 is 1. The van der Waals surface area contributed by atoms with Crippen molar-refractivity contribution in [2.24, 2.45) is 5.92 Å². The Kier molecular flexibility index (Phi) is 8.76. The molecule has 1 aromatic heterocycles. The molecule has 2 saturated heterocycles. The van der Waals surface area contributed by atoms with E-state index in [0.29, 0.717) is 47.0 Å². The van der Waals surface area contributed by atoms with E-state index in [4.69, 9.17) is 32.9 Å². The predicted octanol–water partition coefficient (Wildman–Crippen LogP) is 5.34. The lowest BCUT2D eigenvalue weighted by Crippen LogP contribution is -2.45. The van der Waals surface area contributed by atoms with Crippen molar-refractivity contribution < 1.29 is 19.4 Å². The van der Waals surface area contributed by atoms with Gasteiger partial charge in [-0.1, -0.05) is 47.8 Å². The lowest BCUT2D eigenvalue weighted by atomic mass is 9.98. The number of ether oxygens (including phenoxy) is 1. The molecule has 1 amide bonds. The highest BCUT2D eigenvalue weighted by Gasteiger charge is 2.40. The van der Waals surface area contributed by atoms with E-state index in [1.165, 1.54) is 6.20 Å². The van der Waals surface area contributed by atoms with Gasteiger partial charge in [0.05, 0.1) is 30.8 Å². The summed E-state index contributed by atoms with van der Waals surface area (Å²) in [6.45, 7) is 2.05. The fraction of sp³-hybridized carbons (Fsp3) is 0.400. The molecule has 2 aromatic carbocycles. The van der Waals surface area contributed by atoms with Gasteiger partial charge in [0.2, 0.25) is 11.9 Å². The highest BCUT2D eigenvalue weighted by Crippen LogP contribution is 2.33. The smallest absolute Gasteiger partial charge is 0.339 e. The number of halogens is 2. The van der Waals surface area contributed by atoms with E-state index in [0.717, 1.165) is 49.2 Å². The minimum atomic E-state index is -1.06. The van der Waals surface area contributed by atoms with Crippen molar-refractivity contribution in [3.8, 4) is 5.75 Å². The van der Waals surface area contributed by atoms with E-state index >= 15 is 0 Å². The van der Waals surface area contributed by atoms with Gasteiger partial charge >= 0.3 is 5.97 Å². The zero-order chi connectivity index (χ0) is 28.2. The first kappa shape index (κ1) is 28.2. The number of nitrogens with zero attached hydrogens (tertiary/aromatic N) is 4. The maximum atomic E-state index is 13.6. The van der Waals surface area contributed by atoms with Gasteiger partial charge in [0.1, 0.15) is 5.75 Å². The summed E-state index contributed by atoms with van der Waals surface area (Å²) in [6.07, 6.45) is 5.67. The molecule has 0 saturated carbocycles. The standard InChI is InChI=1S/C30H32Cl2N4O4/c1-40-27-8-3-2-6-20(27)14-28(37)36-11-5-4-7-21-17-35(18-26(21)36)30-33-16-24(29(38)39)25(34-30)10-9-19-12-22(31)15-23(32)13-19/h2-3,6,8,12-13,15-16,21,26H,4-5,7,9-11,14,17-18H2,1H3,(H,38,39)/t21-,26-/m1/s1. The summed E-state index contributed by atoms with van der Waals surface area (Å²) in [4.78, 5) is 38.8. The van der Waals surface area contributed by atoms with E-state index in [-0.39, 0.29) is 23.9 Å². The van der Waals surface area contributed by atoms with Gasteiger partial charge < -0.3 is 19.6 Å². The molecule has 2 atom stereocenters. The number of carbonyl (C=O) groups is 2. The first-order valence-electron chi connectivity index (χ1n) is 13.5. The zero-order valence-corrected chi connectivity index (χ0v) is 23.9. The number of carboxylic acid groups (broad SMARTS) is 1. The molecule has 0 unspecified atom stereocenters. The zero-order valence-electron chi connectivity index (χ0n) is 22.4. The van der Waals surface area contributed by atoms with Gasteiger partial charge in [-0.3, -0.25) is 4.79 Å². The van der Waals surface area contributed by atoms with Crippen LogP contribution in [-0.4, -0.2) is 64.6 Å². The Balaban J connectivity index is 1.34. The van der Waals surface area contributed by atoms with Crippen LogP contribution in [0.4, 0.5) is 5.95 Å². The Morgan fingerprint density at radius 3 is 2.60 bits per heavy atom. The van der Waals surface area contributed by atoms with Gasteiger partial charge in [0.15, 0.2) is 0 Å². The van der Waals surface area contributed by atoms with Crippen LogP contribution >= 0.6 is 23.2 Å². The summed E-state index contributed by atoms with van der Waals surface area (Å²) in [7, 11) is 1.62. The minimum Gasteiger partial charge on any atom is -0.496 e. The van der Waals surface area contributed by atoms with Crippen LogP contribution in [0.3, 0.4) is 0 Å². The molecule has 0 radical (unpaired) electrons. The maximum Gasteiger partial charge on any atom is 0.339 e. The summed E-state index contributed by atoms with van der Waals surface area (Å²) < 4.78 is 5.47. The molecule has 3 heterocycles. The lowest BCUT2D eigenvalue weighted by molar-refractivity contribution is -0.132. The van der Waals surface area contributed by atoms with E-state index in [9.17, 15) is 14.7 Å². The van der Waals surface area contributed by atoms with Gasteiger partial charge in [-0.25, -0.2) is 14.8 Å². The van der Waals surface area contributed by atoms with Crippen molar-refractivity contribution in [2.75, 3.05) is 31.6 Å². The number of fused-ring (bicyclic) bond motifs is 1. The molecule has 2 aliphatic rings. The Morgan fingerprint density at radius 1 is 1.07 bits per heavy atom. The van der Waals surface area contributed by atoms with Crippen molar-refractivity contribution in [2.45, 2.75) is 44.6 Å². The number of hydrogen-bond acceptors (Lipinski definition) is 6. The number of carbonyl (C=O) groups excluding carboxylic acids is 1. The molecule has 40 heavy (non-hydrogen) atoms. The van der Waals surface area contributed by atoms with Crippen LogP contribution in [0.5, 0.6) is 5.75 Å². The second kappa shape index (κ2) is 12.4. The van der Waals surface area contributed by atoms with E-state index in [1.807, 2.05) is 41.3 Å². The topological polar surface area (TPSA) is 95.9 Å². The van der Waals surface area contributed by atoms with Crippen LogP contribution in [0.15, 0.2) is 48.7 Å². The van der Waals surface area contributed by atoms with Crippen molar-refractivity contribution in [1.29, 1.82) is 0 Å². The van der Waals surface area contributed by atoms with Gasteiger partial charge in [-0.2, -0.15) is 0 Å². The van der Waals surface area contributed by atoms with Gasteiger partial charge in [-0.15, -0.1) is 0 Å². The van der Waals surface area contributed by atoms with E-state index in [1.54, 1.807) is 13.2 Å². The molecular weight excluding hydrogens is 551 g/mol. The van der Waals surface area contributed by atoms with Crippen molar-refractivity contribution in [3.63, 3.8) is 0 Å². The van der Waals surface area contributed by atoms with Crippen molar-refractivity contribution >= 4 is 41.0 Å². The number of carboxylic acids is 1. The van der Waals surface area contributed by atoms with Crippen LogP contribution in [0.1, 0.15) is 46.4 Å². The molecule has 2 aliphatic heterocycles. The van der Waals surface area contributed by atoms with Crippen LogP contribution in [0, 0.1) is 5.92 Å². The molecule has 10 heteroatoms. The SMILES string of the molecule is COc1ccccc1CC(=O)N1CCCC[C@@H]2CN(c3ncc(C(=O)O)c(CCc4cc(Cl)cc(Cl)c4)n3)C[C@H]21. The van der Waals surface area contributed by atoms with Crippen molar-refractivity contribution in [3.05, 3.63) is 81.1 Å². The van der Waals surface area contributed by atoms with Crippen LogP contribution < -0.4 is 9.64 Å². The van der Waals surface area contributed by atoms with Gasteiger partial charge in [0.25, 0.3) is 0 Å². The van der Waals surface area contributed by atoms with Gasteiger partial charge in [-0.05, 0) is 61.4 Å². The number of anilines is 1. The normalized spacial score (nSPS) is 18.8. The number of aromatic carboxylic acids is 1. The summed E-state index contributed by atoms with van der Waals surface area (Å²) in [5.74, 6) is 0.532. The second-order valence-electron chi connectivity index (χ2n) is 10.4. The molecule has 0 spiro atoms. The van der Waals surface area contributed by atoms with E-state index < -0.39 is 5.97 Å². The third-order valence-corrected chi connectivity index (χ3v) is 8.26. The number of likely N-dealkylation sites (tertiary alicyclic amines) is 1. The fourth-order valence-electron chi connectivity index (χ4n) is 5.88. The Morgan fingerprint density at radius 2 is 1.85 bits per heavy atom. The van der Waals surface area contributed by atoms with Crippen molar-refractivity contribution in [1.82, 2.24) is 14.9 Å². The first-order valence-corrected chi connectivity index (χ1v) is 14.3. The summed E-state index contributed by atoms with van der Waals surface area (Å²) >= 11 is 12.3. The molecule has 5 rings (SSSR count). The quantitative estimate of drug-likeness (QED) is 0.383. The average Bonchev–Trinajstić information content (AvgIpc) is 3.25. The third-order valence-electron chi connectivity index (χ3n) is 7.83. The molecule has 3 aromatic rings. The highest BCUT2D eigenvalue weighted by atomic mass is 35.5. The van der Waals surface area contributed by atoms with Crippen LogP contribution in [-0.2, 0) is 24.1 Å².